The minimum atomic E-state index is -0.975. The Labute approximate surface area is 239 Å². The van der Waals surface area contributed by atoms with Gasteiger partial charge in [0.15, 0.2) is 0 Å². The van der Waals surface area contributed by atoms with Gasteiger partial charge in [-0.2, -0.15) is 0 Å². The number of fused-ring (bicyclic) bond motifs is 1. The van der Waals surface area contributed by atoms with Gasteiger partial charge in [-0.15, -0.1) is 0 Å². The summed E-state index contributed by atoms with van der Waals surface area (Å²) in [4.78, 5) is 43.7. The average Bonchev–Trinajstić information content (AvgIpc) is 3.53. The highest BCUT2D eigenvalue weighted by Crippen LogP contribution is 2.41. The van der Waals surface area contributed by atoms with Gasteiger partial charge in [0, 0.05) is 29.2 Å². The molecule has 1 aliphatic heterocycles. The maximum Gasteiger partial charge on any atom is 0.337 e. The third-order valence-electron chi connectivity index (χ3n) is 7.26. The van der Waals surface area contributed by atoms with Crippen molar-refractivity contribution < 1.29 is 23.5 Å². The summed E-state index contributed by atoms with van der Waals surface area (Å²) in [5, 5.41) is 3.21. The Hall–Kier alpha value is -3.95. The first-order chi connectivity index (χ1) is 19.3. The summed E-state index contributed by atoms with van der Waals surface area (Å²) in [5.74, 6) is -2.14. The van der Waals surface area contributed by atoms with Crippen molar-refractivity contribution in [3.05, 3.63) is 94.0 Å². The smallest absolute Gasteiger partial charge is 0.337 e. The van der Waals surface area contributed by atoms with Crippen LogP contribution in [0.5, 0.6) is 0 Å². The summed E-state index contributed by atoms with van der Waals surface area (Å²) in [6, 6.07) is 15.1. The first-order valence-electron chi connectivity index (χ1n) is 12.6. The van der Waals surface area contributed by atoms with Crippen LogP contribution in [0.15, 0.2) is 67.0 Å². The Morgan fingerprint density at radius 3 is 2.70 bits per heavy atom. The Bertz CT molecular complexity index is 1590. The second kappa shape index (κ2) is 11.7. The molecule has 0 saturated carbocycles. The number of hydrogen-bond acceptors (Lipinski definition) is 5. The topological polar surface area (TPSA) is 93.5 Å². The minimum Gasteiger partial charge on any atom is -0.465 e. The molecule has 3 aromatic carbocycles. The number of benzene rings is 3. The molecule has 2 amide bonds. The van der Waals surface area contributed by atoms with Crippen LogP contribution in [-0.4, -0.2) is 51.9 Å². The minimum absolute atomic E-state index is 0.0520. The van der Waals surface area contributed by atoms with Crippen LogP contribution in [0.3, 0.4) is 0 Å². The predicted octanol–water partition coefficient (Wildman–Crippen LogP) is 5.68. The quantitative estimate of drug-likeness (QED) is 0.213. The lowest BCUT2D eigenvalue weighted by Gasteiger charge is -2.27. The van der Waals surface area contributed by atoms with Gasteiger partial charge in [0.2, 0.25) is 12.3 Å². The highest BCUT2D eigenvalue weighted by atomic mass is 35.5. The van der Waals surface area contributed by atoms with Crippen molar-refractivity contribution >= 4 is 58.2 Å². The lowest BCUT2D eigenvalue weighted by atomic mass is 9.89. The largest absolute Gasteiger partial charge is 0.465 e. The lowest BCUT2D eigenvalue weighted by molar-refractivity contribution is -0.129. The van der Waals surface area contributed by atoms with E-state index in [4.69, 9.17) is 27.9 Å². The summed E-state index contributed by atoms with van der Waals surface area (Å²) in [6.07, 6.45) is 3.12. The number of hydrogen-bond donors (Lipinski definition) is 1. The highest BCUT2D eigenvalue weighted by molar-refractivity contribution is 6.31. The molecule has 5 rings (SSSR count). The number of carbonyl (C=O) groups excluding carboxylic acids is 3. The highest BCUT2D eigenvalue weighted by Gasteiger charge is 2.46. The molecular formula is C29H25Cl2FN4O4. The number of ether oxygens (including phenoxy) is 1. The van der Waals surface area contributed by atoms with Crippen LogP contribution >= 0.6 is 23.2 Å². The van der Waals surface area contributed by atoms with Crippen molar-refractivity contribution in [1.29, 1.82) is 0 Å². The average molecular weight is 583 g/mol. The number of methoxy groups -OCH3 is 1. The number of aryl methyl sites for hydroxylation is 1. The van der Waals surface area contributed by atoms with Crippen molar-refractivity contribution in [2.75, 3.05) is 12.4 Å². The van der Waals surface area contributed by atoms with Gasteiger partial charge in [0.05, 0.1) is 35.1 Å². The molecule has 2 heterocycles. The number of nitrogens with zero attached hydrogens (tertiary/aromatic N) is 3. The zero-order chi connectivity index (χ0) is 28.4. The number of imidazole rings is 1. The zero-order valence-electron chi connectivity index (χ0n) is 21.4. The van der Waals surface area contributed by atoms with E-state index in [2.05, 4.69) is 10.3 Å². The van der Waals surface area contributed by atoms with E-state index < -0.39 is 29.7 Å². The first-order valence-corrected chi connectivity index (χ1v) is 13.3. The Morgan fingerprint density at radius 1 is 1.15 bits per heavy atom. The van der Waals surface area contributed by atoms with E-state index in [1.165, 1.54) is 18.1 Å². The molecule has 0 spiro atoms. The van der Waals surface area contributed by atoms with Crippen molar-refractivity contribution in [1.82, 2.24) is 14.5 Å². The van der Waals surface area contributed by atoms with Gasteiger partial charge in [-0.05, 0) is 60.9 Å². The second-order valence-electron chi connectivity index (χ2n) is 9.56. The summed E-state index contributed by atoms with van der Waals surface area (Å²) in [6.45, 7) is 0.469. The number of aromatic nitrogens is 2. The monoisotopic (exact) mass is 582 g/mol. The number of carbonyl (C=O) groups is 3. The number of rotatable bonds is 8. The molecule has 1 N–H and O–H groups in total. The van der Waals surface area contributed by atoms with E-state index in [9.17, 15) is 14.4 Å². The van der Waals surface area contributed by atoms with Crippen LogP contribution in [0.1, 0.15) is 34.7 Å². The summed E-state index contributed by atoms with van der Waals surface area (Å²) in [5.41, 5.74) is 2.56. The Balaban J connectivity index is 1.42. The van der Waals surface area contributed by atoms with Crippen LogP contribution in [-0.2, 0) is 20.9 Å². The zero-order valence-corrected chi connectivity index (χ0v) is 22.9. The van der Waals surface area contributed by atoms with E-state index in [1.54, 1.807) is 60.9 Å². The molecule has 0 aliphatic carbocycles. The van der Waals surface area contributed by atoms with Crippen molar-refractivity contribution in [2.45, 2.75) is 37.4 Å². The predicted molar refractivity (Wildman–Crippen MR) is 150 cm³/mol. The van der Waals surface area contributed by atoms with Gasteiger partial charge >= 0.3 is 5.97 Å². The molecule has 1 aromatic heterocycles. The van der Waals surface area contributed by atoms with Crippen molar-refractivity contribution in [3.8, 4) is 0 Å². The molecular weight excluding hydrogens is 558 g/mol. The molecule has 40 heavy (non-hydrogen) atoms. The summed E-state index contributed by atoms with van der Waals surface area (Å²) < 4.78 is 21.9. The fourth-order valence-electron chi connectivity index (χ4n) is 5.38. The normalized spacial score (nSPS) is 18.6. The molecule has 4 aromatic rings. The number of likely N-dealkylation sites (tertiary alicyclic amines) is 1. The van der Waals surface area contributed by atoms with Gasteiger partial charge in [-0.3, -0.25) is 9.59 Å². The molecule has 1 aliphatic rings. The second-order valence-corrected chi connectivity index (χ2v) is 10.4. The molecule has 1 fully saturated rings. The van der Waals surface area contributed by atoms with Gasteiger partial charge in [0.25, 0.3) is 0 Å². The molecule has 1 saturated heterocycles. The molecule has 0 bridgehead atoms. The standard InChI is InChI=1S/C29H25Cl2FN4O4/c1-40-29(39)17-8-9-25-24(12-17)33-15-35(25)11-10-20-14-22(21-6-3-7-23(31)26(21)32)27(36(20)16-37)28(38)34-19-5-2-4-18(30)13-19/h2-9,12-13,15-16,20,22,27H,10-11,14H2,1H3,(H,34,38)/t20-,22?,27?/m0/s1. The number of esters is 1. The van der Waals surface area contributed by atoms with Crippen molar-refractivity contribution in [2.24, 2.45) is 0 Å². The van der Waals surface area contributed by atoms with E-state index in [0.29, 0.717) is 47.6 Å². The van der Waals surface area contributed by atoms with Crippen LogP contribution in [0, 0.1) is 5.82 Å². The summed E-state index contributed by atoms with van der Waals surface area (Å²) >= 11 is 12.2. The molecule has 3 atom stereocenters. The third kappa shape index (κ3) is 5.39. The number of amides is 2. The first kappa shape index (κ1) is 27.6. The maximum atomic E-state index is 15.2. The number of anilines is 1. The lowest BCUT2D eigenvalue weighted by Crippen LogP contribution is -2.44. The van der Waals surface area contributed by atoms with Gasteiger partial charge in [-0.1, -0.05) is 41.4 Å². The van der Waals surface area contributed by atoms with Crippen molar-refractivity contribution in [3.63, 3.8) is 0 Å². The van der Waals surface area contributed by atoms with E-state index in [-0.39, 0.29) is 16.6 Å². The molecule has 8 nitrogen and oxygen atoms in total. The van der Waals surface area contributed by atoms with Crippen LogP contribution in [0.2, 0.25) is 10.0 Å². The van der Waals surface area contributed by atoms with Gasteiger partial charge in [0.1, 0.15) is 11.9 Å². The molecule has 11 heteroatoms. The third-order valence-corrected chi connectivity index (χ3v) is 7.79. The van der Waals surface area contributed by atoms with E-state index in [1.807, 2.05) is 4.57 Å². The van der Waals surface area contributed by atoms with Crippen LogP contribution in [0.25, 0.3) is 11.0 Å². The molecule has 2 unspecified atom stereocenters. The van der Waals surface area contributed by atoms with Crippen LogP contribution in [0.4, 0.5) is 10.1 Å². The van der Waals surface area contributed by atoms with E-state index >= 15 is 4.39 Å². The van der Waals surface area contributed by atoms with Crippen LogP contribution < -0.4 is 5.32 Å². The maximum absolute atomic E-state index is 15.2. The Morgan fingerprint density at radius 2 is 1.95 bits per heavy atom. The fraction of sp³-hybridized carbons (Fsp3) is 0.241. The molecule has 206 valence electrons. The number of nitrogens with one attached hydrogen (secondary N) is 1. The summed E-state index contributed by atoms with van der Waals surface area (Å²) in [7, 11) is 1.32. The van der Waals surface area contributed by atoms with Gasteiger partial charge in [-0.25, -0.2) is 14.2 Å². The Kier molecular flexibility index (Phi) is 8.04. The number of halogens is 3. The SMILES string of the molecule is COC(=O)c1ccc2c(c1)ncn2CC[C@H]1CC(c2cccc(Cl)c2F)C(C(=O)Nc2cccc(Cl)c2)N1C=O. The fourth-order valence-corrected chi connectivity index (χ4v) is 5.75. The van der Waals surface area contributed by atoms with E-state index in [0.717, 1.165) is 5.52 Å². The molecule has 0 radical (unpaired) electrons. The van der Waals surface area contributed by atoms with Gasteiger partial charge < -0.3 is 19.5 Å².